The number of hydrogen-bond donors (Lipinski definition) is 1. The lowest BCUT2D eigenvalue weighted by Gasteiger charge is -2.28. The predicted octanol–water partition coefficient (Wildman–Crippen LogP) is 3.31. The van der Waals surface area contributed by atoms with Gasteiger partial charge in [-0.2, -0.15) is 0 Å². The molecule has 0 saturated carbocycles. The van der Waals surface area contributed by atoms with Crippen molar-refractivity contribution in [2.75, 3.05) is 0 Å². The van der Waals surface area contributed by atoms with Gasteiger partial charge in [0, 0.05) is 0 Å². The summed E-state index contributed by atoms with van der Waals surface area (Å²) in [7, 11) is 0. The minimum atomic E-state index is -1.03. The average Bonchev–Trinajstić information content (AvgIpc) is 2.74. The largest absolute Gasteiger partial charge is 0.459 e. The van der Waals surface area contributed by atoms with Crippen molar-refractivity contribution >= 4 is 5.97 Å². The van der Waals surface area contributed by atoms with Gasteiger partial charge in [-0.1, -0.05) is 61.0 Å². The Hall–Kier alpha value is -2.13. The van der Waals surface area contributed by atoms with E-state index in [9.17, 15) is 4.79 Å². The van der Waals surface area contributed by atoms with Gasteiger partial charge in [-0.25, -0.2) is 4.79 Å². The molecule has 1 unspecified atom stereocenters. The Morgan fingerprint density at radius 2 is 1.77 bits per heavy atom. The second-order valence-corrected chi connectivity index (χ2v) is 5.90. The van der Waals surface area contributed by atoms with Crippen molar-refractivity contribution < 1.29 is 9.53 Å². The summed E-state index contributed by atoms with van der Waals surface area (Å²) in [5.74, 6) is -0.328. The highest BCUT2D eigenvalue weighted by Crippen LogP contribution is 2.33. The van der Waals surface area contributed by atoms with E-state index in [0.29, 0.717) is 6.42 Å². The molecule has 1 aliphatic carbocycles. The molecule has 3 rings (SSSR count). The van der Waals surface area contributed by atoms with Gasteiger partial charge >= 0.3 is 5.97 Å². The number of ether oxygens (including phenoxy) is 1. The first kappa shape index (κ1) is 14.8. The minimum Gasteiger partial charge on any atom is -0.459 e. The number of aryl methyl sites for hydroxylation is 1. The number of carbonyl (C=O) groups is 1. The van der Waals surface area contributed by atoms with Crippen LogP contribution in [0.2, 0.25) is 0 Å². The van der Waals surface area contributed by atoms with E-state index in [-0.39, 0.29) is 12.6 Å². The quantitative estimate of drug-likeness (QED) is 0.698. The average molecular weight is 295 g/mol. The molecule has 0 fully saturated rings. The highest BCUT2D eigenvalue weighted by Gasteiger charge is 2.39. The van der Waals surface area contributed by atoms with Gasteiger partial charge in [0.05, 0.1) is 0 Å². The first-order valence-corrected chi connectivity index (χ1v) is 7.78. The topological polar surface area (TPSA) is 52.3 Å². The third kappa shape index (κ3) is 2.90. The fourth-order valence-electron chi connectivity index (χ4n) is 3.09. The van der Waals surface area contributed by atoms with Crippen LogP contribution in [-0.2, 0) is 28.1 Å². The van der Waals surface area contributed by atoms with Crippen LogP contribution in [0.15, 0.2) is 54.6 Å². The van der Waals surface area contributed by atoms with Crippen molar-refractivity contribution in [1.29, 1.82) is 0 Å². The Morgan fingerprint density at radius 1 is 1.05 bits per heavy atom. The van der Waals surface area contributed by atoms with Crippen molar-refractivity contribution in [3.63, 3.8) is 0 Å². The number of hydrogen-bond acceptors (Lipinski definition) is 3. The Bertz CT molecular complexity index is 653. The summed E-state index contributed by atoms with van der Waals surface area (Å²) >= 11 is 0. The molecule has 0 amide bonds. The highest BCUT2D eigenvalue weighted by molar-refractivity contribution is 5.83. The Morgan fingerprint density at radius 3 is 2.59 bits per heavy atom. The number of nitrogens with two attached hydrogens (primary N) is 1. The highest BCUT2D eigenvalue weighted by atomic mass is 16.5. The molecule has 114 valence electrons. The van der Waals surface area contributed by atoms with Gasteiger partial charge < -0.3 is 10.5 Å². The van der Waals surface area contributed by atoms with Crippen molar-refractivity contribution in [2.45, 2.75) is 37.8 Å². The molecule has 0 bridgehead atoms. The van der Waals surface area contributed by atoms with Gasteiger partial charge in [-0.05, 0) is 36.0 Å². The molecule has 0 spiro atoms. The molecule has 0 aromatic heterocycles. The molecule has 3 nitrogen and oxygen atoms in total. The summed E-state index contributed by atoms with van der Waals surface area (Å²) in [5, 5.41) is 0. The van der Waals surface area contributed by atoms with Crippen molar-refractivity contribution in [2.24, 2.45) is 5.73 Å². The Kier molecular flexibility index (Phi) is 4.25. The van der Waals surface area contributed by atoms with E-state index in [1.165, 1.54) is 5.56 Å². The van der Waals surface area contributed by atoms with Crippen molar-refractivity contribution in [1.82, 2.24) is 0 Å². The lowest BCUT2D eigenvalue weighted by Crippen LogP contribution is -2.46. The lowest BCUT2D eigenvalue weighted by molar-refractivity contribution is -0.152. The molecule has 2 N–H and O–H groups in total. The molecule has 2 aromatic carbocycles. The molecular weight excluding hydrogens is 274 g/mol. The second-order valence-electron chi connectivity index (χ2n) is 5.90. The molecule has 3 heteroatoms. The van der Waals surface area contributed by atoms with E-state index in [1.54, 1.807) is 0 Å². The zero-order chi connectivity index (χ0) is 15.4. The van der Waals surface area contributed by atoms with Crippen LogP contribution in [0.1, 0.15) is 36.0 Å². The van der Waals surface area contributed by atoms with Gasteiger partial charge in [0.2, 0.25) is 0 Å². The smallest absolute Gasteiger partial charge is 0.331 e. The zero-order valence-corrected chi connectivity index (χ0v) is 12.6. The molecule has 1 atom stereocenters. The molecule has 0 saturated heterocycles. The van der Waals surface area contributed by atoms with Crippen molar-refractivity contribution in [3.8, 4) is 0 Å². The Balaban J connectivity index is 1.81. The summed E-state index contributed by atoms with van der Waals surface area (Å²) in [6, 6.07) is 17.7. The molecule has 2 aromatic rings. The van der Waals surface area contributed by atoms with Gasteiger partial charge in [0.15, 0.2) is 0 Å². The predicted molar refractivity (Wildman–Crippen MR) is 86.1 cm³/mol. The van der Waals surface area contributed by atoms with Crippen molar-refractivity contribution in [3.05, 3.63) is 71.3 Å². The fraction of sp³-hybridized carbons (Fsp3) is 0.316. The third-order valence-electron chi connectivity index (χ3n) is 4.34. The van der Waals surface area contributed by atoms with Crippen LogP contribution in [-0.4, -0.2) is 5.97 Å². The van der Waals surface area contributed by atoms with Crippen LogP contribution in [0.5, 0.6) is 0 Å². The summed E-state index contributed by atoms with van der Waals surface area (Å²) in [4.78, 5) is 12.7. The van der Waals surface area contributed by atoms with E-state index in [0.717, 1.165) is 30.4 Å². The van der Waals surface area contributed by atoms with E-state index >= 15 is 0 Å². The van der Waals surface area contributed by atoms with Crippen LogP contribution >= 0.6 is 0 Å². The number of esters is 1. The molecule has 0 radical (unpaired) electrons. The Labute approximate surface area is 131 Å². The molecular formula is C19H21NO2. The monoisotopic (exact) mass is 295 g/mol. The van der Waals surface area contributed by atoms with Crippen LogP contribution < -0.4 is 5.73 Å². The summed E-state index contributed by atoms with van der Waals surface area (Å²) in [6.07, 6.45) is 3.60. The molecule has 0 aliphatic heterocycles. The molecule has 1 aliphatic rings. The summed E-state index contributed by atoms with van der Waals surface area (Å²) in [5.41, 5.74) is 8.54. The lowest BCUT2D eigenvalue weighted by atomic mass is 9.85. The standard InChI is InChI=1S/C19H21NO2/c20-19(18(21)22-14-15-8-2-1-3-9-15)13-7-6-11-16-10-4-5-12-17(16)19/h1-5,8-10,12H,6-7,11,13-14,20H2. The van der Waals surface area contributed by atoms with Gasteiger partial charge in [0.25, 0.3) is 0 Å². The van der Waals surface area contributed by atoms with Crippen LogP contribution in [0.25, 0.3) is 0 Å². The maximum atomic E-state index is 12.7. The normalized spacial score (nSPS) is 20.8. The van der Waals surface area contributed by atoms with Gasteiger partial charge in [-0.15, -0.1) is 0 Å². The van der Waals surface area contributed by atoms with E-state index in [4.69, 9.17) is 10.5 Å². The van der Waals surface area contributed by atoms with E-state index < -0.39 is 5.54 Å². The summed E-state index contributed by atoms with van der Waals surface area (Å²) < 4.78 is 5.52. The fourth-order valence-corrected chi connectivity index (χ4v) is 3.09. The third-order valence-corrected chi connectivity index (χ3v) is 4.34. The maximum absolute atomic E-state index is 12.7. The van der Waals surface area contributed by atoms with Crippen LogP contribution in [0.3, 0.4) is 0 Å². The van der Waals surface area contributed by atoms with Gasteiger partial charge in [-0.3, -0.25) is 0 Å². The van der Waals surface area contributed by atoms with E-state index in [1.807, 2.05) is 48.5 Å². The molecule has 0 heterocycles. The minimum absolute atomic E-state index is 0.265. The first-order valence-electron chi connectivity index (χ1n) is 7.78. The first-order chi connectivity index (χ1) is 10.7. The van der Waals surface area contributed by atoms with Crippen LogP contribution in [0.4, 0.5) is 0 Å². The number of rotatable bonds is 3. The van der Waals surface area contributed by atoms with Gasteiger partial charge in [0.1, 0.15) is 12.1 Å². The summed E-state index contributed by atoms with van der Waals surface area (Å²) in [6.45, 7) is 0.265. The number of benzene rings is 2. The zero-order valence-electron chi connectivity index (χ0n) is 12.6. The number of fused-ring (bicyclic) bond motifs is 1. The maximum Gasteiger partial charge on any atom is 0.331 e. The second kappa shape index (κ2) is 6.32. The number of carbonyl (C=O) groups excluding carboxylic acids is 1. The molecule has 22 heavy (non-hydrogen) atoms. The SMILES string of the molecule is NC1(C(=O)OCc2ccccc2)CCCCc2ccccc21. The van der Waals surface area contributed by atoms with Crippen LogP contribution in [0, 0.1) is 0 Å². The van der Waals surface area contributed by atoms with E-state index in [2.05, 4.69) is 6.07 Å².